The number of amides is 3. The summed E-state index contributed by atoms with van der Waals surface area (Å²) in [6, 6.07) is 15.1. The van der Waals surface area contributed by atoms with E-state index in [9.17, 15) is 19.2 Å². The second kappa shape index (κ2) is 8.95. The maximum absolute atomic E-state index is 13.8. The largest absolute Gasteiger partial charge is 0.465 e. The van der Waals surface area contributed by atoms with Crippen molar-refractivity contribution in [3.8, 4) is 0 Å². The lowest BCUT2D eigenvalue weighted by Gasteiger charge is -2.29. The molecule has 0 spiro atoms. The average Bonchev–Trinajstić information content (AvgIpc) is 3.07. The van der Waals surface area contributed by atoms with Gasteiger partial charge in [-0.15, -0.1) is 0 Å². The number of hydrogen-bond donors (Lipinski definition) is 0. The zero-order valence-corrected chi connectivity index (χ0v) is 20.9. The molecule has 1 aliphatic carbocycles. The van der Waals surface area contributed by atoms with Crippen LogP contribution in [0.4, 0.5) is 5.69 Å². The first-order chi connectivity index (χ1) is 16.5. The minimum atomic E-state index is -0.855. The molecule has 7 heteroatoms. The third kappa shape index (κ3) is 4.24. The third-order valence-electron chi connectivity index (χ3n) is 8.08. The number of carbonyl (C=O) groups excluding carboxylic acids is 4. The topological polar surface area (TPSA) is 84.0 Å². The van der Waals surface area contributed by atoms with Crippen LogP contribution in [0.3, 0.4) is 0 Å². The van der Waals surface area contributed by atoms with Gasteiger partial charge in [-0.1, -0.05) is 58.0 Å². The molecule has 0 aromatic heterocycles. The van der Waals surface area contributed by atoms with Gasteiger partial charge in [-0.05, 0) is 47.1 Å². The van der Waals surface area contributed by atoms with E-state index in [1.165, 1.54) is 19.2 Å². The molecule has 4 rings (SSSR count). The number of hydrogen-bond acceptors (Lipinski definition) is 5. The second-order valence-electron chi connectivity index (χ2n) is 10.5. The van der Waals surface area contributed by atoms with E-state index in [1.54, 1.807) is 17.0 Å². The third-order valence-corrected chi connectivity index (χ3v) is 8.08. The SMILES string of the molecule is COC(=O)c1ccc(N2C(=O)CC(N(CCc3ccccc3)C(=O)C3C(C)(C)C3(C)C)C2=O)cc1. The van der Waals surface area contributed by atoms with E-state index >= 15 is 0 Å². The van der Waals surface area contributed by atoms with Gasteiger partial charge in [0, 0.05) is 12.5 Å². The van der Waals surface area contributed by atoms with Gasteiger partial charge in [-0.25, -0.2) is 9.69 Å². The summed E-state index contributed by atoms with van der Waals surface area (Å²) in [5, 5.41) is 0. The molecular weight excluding hydrogens is 444 g/mol. The fourth-order valence-corrected chi connectivity index (χ4v) is 5.29. The molecule has 2 aromatic carbocycles. The van der Waals surface area contributed by atoms with Gasteiger partial charge in [0.15, 0.2) is 0 Å². The van der Waals surface area contributed by atoms with Gasteiger partial charge in [0.1, 0.15) is 6.04 Å². The molecule has 1 heterocycles. The van der Waals surface area contributed by atoms with Crippen LogP contribution in [0, 0.1) is 16.7 Å². The number of carbonyl (C=O) groups is 4. The number of methoxy groups -OCH3 is 1. The summed E-state index contributed by atoms with van der Waals surface area (Å²) in [7, 11) is 1.29. The van der Waals surface area contributed by atoms with Crippen LogP contribution < -0.4 is 4.90 Å². The fourth-order valence-electron chi connectivity index (χ4n) is 5.29. The number of rotatable bonds is 7. The molecular formula is C28H32N2O5. The minimum absolute atomic E-state index is 0.0638. The van der Waals surface area contributed by atoms with E-state index in [-0.39, 0.29) is 35.0 Å². The average molecular weight is 477 g/mol. The van der Waals surface area contributed by atoms with E-state index in [1.807, 2.05) is 30.3 Å². The summed E-state index contributed by atoms with van der Waals surface area (Å²) in [6.45, 7) is 8.64. The van der Waals surface area contributed by atoms with Crippen molar-refractivity contribution in [3.05, 3.63) is 65.7 Å². The zero-order chi connectivity index (χ0) is 25.5. The Bertz CT molecular complexity index is 1140. The Labute approximate surface area is 206 Å². The zero-order valence-electron chi connectivity index (χ0n) is 20.9. The Balaban J connectivity index is 1.60. The lowest BCUT2D eigenvalue weighted by Crippen LogP contribution is -2.47. The van der Waals surface area contributed by atoms with Gasteiger partial charge in [0.2, 0.25) is 11.8 Å². The molecule has 184 valence electrons. The minimum Gasteiger partial charge on any atom is -0.465 e. The summed E-state index contributed by atoms with van der Waals surface area (Å²) >= 11 is 0. The van der Waals surface area contributed by atoms with Gasteiger partial charge in [0.25, 0.3) is 5.91 Å². The highest BCUT2D eigenvalue weighted by Gasteiger charge is 2.69. The molecule has 3 amide bonds. The van der Waals surface area contributed by atoms with E-state index in [2.05, 4.69) is 27.7 Å². The Morgan fingerprint density at radius 1 is 0.971 bits per heavy atom. The molecule has 0 bridgehead atoms. The number of imide groups is 1. The highest BCUT2D eigenvalue weighted by Crippen LogP contribution is 2.69. The van der Waals surface area contributed by atoms with E-state index in [4.69, 9.17) is 4.74 Å². The molecule has 2 aliphatic rings. The lowest BCUT2D eigenvalue weighted by molar-refractivity contribution is -0.140. The van der Waals surface area contributed by atoms with Crippen LogP contribution in [-0.4, -0.2) is 48.3 Å². The number of nitrogens with zero attached hydrogens (tertiary/aromatic N) is 2. The first-order valence-electron chi connectivity index (χ1n) is 11.9. The summed E-state index contributed by atoms with van der Waals surface area (Å²) < 4.78 is 4.71. The van der Waals surface area contributed by atoms with Gasteiger partial charge < -0.3 is 9.64 Å². The Kier molecular flexibility index (Phi) is 6.30. The van der Waals surface area contributed by atoms with Crippen molar-refractivity contribution < 1.29 is 23.9 Å². The molecule has 7 nitrogen and oxygen atoms in total. The summed E-state index contributed by atoms with van der Waals surface area (Å²) in [4.78, 5) is 54.8. The van der Waals surface area contributed by atoms with Crippen LogP contribution in [0.2, 0.25) is 0 Å². The van der Waals surface area contributed by atoms with Crippen LogP contribution in [0.15, 0.2) is 54.6 Å². The van der Waals surface area contributed by atoms with Gasteiger partial charge in [-0.3, -0.25) is 14.4 Å². The maximum Gasteiger partial charge on any atom is 0.337 e. The van der Waals surface area contributed by atoms with E-state index < -0.39 is 17.9 Å². The quantitative estimate of drug-likeness (QED) is 0.448. The molecule has 1 saturated carbocycles. The normalized spacial score (nSPS) is 20.6. The van der Waals surface area contributed by atoms with Gasteiger partial charge in [0.05, 0.1) is 24.8 Å². The highest BCUT2D eigenvalue weighted by atomic mass is 16.5. The van der Waals surface area contributed by atoms with Crippen molar-refractivity contribution in [2.45, 2.75) is 46.6 Å². The van der Waals surface area contributed by atoms with Crippen LogP contribution in [0.5, 0.6) is 0 Å². The van der Waals surface area contributed by atoms with Crippen molar-refractivity contribution in [1.29, 1.82) is 0 Å². The molecule has 1 unspecified atom stereocenters. The maximum atomic E-state index is 13.8. The highest BCUT2D eigenvalue weighted by molar-refractivity contribution is 6.23. The Hall–Kier alpha value is -3.48. The van der Waals surface area contributed by atoms with Crippen molar-refractivity contribution in [2.75, 3.05) is 18.6 Å². The lowest BCUT2D eigenvalue weighted by atomic mass is 10.0. The van der Waals surface area contributed by atoms with Gasteiger partial charge in [-0.2, -0.15) is 0 Å². The number of ether oxygens (including phenoxy) is 1. The van der Waals surface area contributed by atoms with Crippen LogP contribution in [0.25, 0.3) is 0 Å². The van der Waals surface area contributed by atoms with Crippen LogP contribution in [-0.2, 0) is 25.5 Å². The van der Waals surface area contributed by atoms with Gasteiger partial charge >= 0.3 is 5.97 Å². The number of benzene rings is 2. The predicted molar refractivity (Wildman–Crippen MR) is 132 cm³/mol. The Morgan fingerprint density at radius 2 is 1.57 bits per heavy atom. The monoisotopic (exact) mass is 476 g/mol. The summed E-state index contributed by atoms with van der Waals surface area (Å²) in [5.74, 6) is -1.58. The van der Waals surface area contributed by atoms with E-state index in [0.29, 0.717) is 24.2 Å². The van der Waals surface area contributed by atoms with Crippen LogP contribution >= 0.6 is 0 Å². The van der Waals surface area contributed by atoms with E-state index in [0.717, 1.165) is 10.5 Å². The fraction of sp³-hybridized carbons (Fsp3) is 0.429. The molecule has 2 aromatic rings. The standard InChI is InChI=1S/C28H32N2O5/c1-27(2)23(28(27,3)4)25(33)29(16-15-18-9-7-6-8-10-18)21-17-22(31)30(24(21)32)20-13-11-19(12-14-20)26(34)35-5/h6-14,21,23H,15-17H2,1-5H3. The first kappa shape index (κ1) is 24.6. The van der Waals surface area contributed by atoms with Crippen LogP contribution in [0.1, 0.15) is 50.0 Å². The molecule has 1 atom stereocenters. The van der Waals surface area contributed by atoms with Crippen molar-refractivity contribution >= 4 is 29.4 Å². The number of esters is 1. The number of anilines is 1. The second-order valence-corrected chi connectivity index (χ2v) is 10.5. The smallest absolute Gasteiger partial charge is 0.337 e. The first-order valence-corrected chi connectivity index (χ1v) is 11.9. The predicted octanol–water partition coefficient (Wildman–Crippen LogP) is 3.86. The molecule has 35 heavy (non-hydrogen) atoms. The summed E-state index contributed by atoms with van der Waals surface area (Å²) in [5.41, 5.74) is 1.38. The molecule has 0 radical (unpaired) electrons. The molecule has 0 N–H and O–H groups in total. The van der Waals surface area contributed by atoms with Crippen molar-refractivity contribution in [3.63, 3.8) is 0 Å². The molecule has 1 aliphatic heterocycles. The van der Waals surface area contributed by atoms with Crippen molar-refractivity contribution in [1.82, 2.24) is 4.90 Å². The van der Waals surface area contributed by atoms with Crippen molar-refractivity contribution in [2.24, 2.45) is 16.7 Å². The molecule has 1 saturated heterocycles. The summed E-state index contributed by atoms with van der Waals surface area (Å²) in [6.07, 6.45) is 0.525. The molecule has 2 fully saturated rings. The Morgan fingerprint density at radius 3 is 2.11 bits per heavy atom.